The number of carbonyl (C=O) groups is 1. The van der Waals surface area contributed by atoms with E-state index in [0.29, 0.717) is 0 Å². The first-order chi connectivity index (χ1) is 6.42. The summed E-state index contributed by atoms with van der Waals surface area (Å²) in [6.45, 7) is -1.68. The van der Waals surface area contributed by atoms with Crippen molar-refractivity contribution in [3.8, 4) is 0 Å². The smallest absolute Gasteiger partial charge is 0.154 e. The largest absolute Gasteiger partial charge is 0.394 e. The standard InChI is InChI=1S/C7H14O6/c1-7(13,3-9)6(12)5(11)4(10)2-8/h3-6,8,10-13H,2H2,1H3/t4-,5-,6+,7+/m1/s1/i1D. The summed E-state index contributed by atoms with van der Waals surface area (Å²) < 4.78 is 6.78. The van der Waals surface area contributed by atoms with Gasteiger partial charge in [-0.25, -0.2) is 0 Å². The molecule has 0 spiro atoms. The fourth-order valence-corrected chi connectivity index (χ4v) is 0.684. The topological polar surface area (TPSA) is 118 Å². The van der Waals surface area contributed by atoms with Crippen LogP contribution in [-0.2, 0) is 4.79 Å². The number of aliphatic hydroxyl groups excluding tert-OH is 4. The monoisotopic (exact) mass is 195 g/mol. The number of hydrogen-bond donors (Lipinski definition) is 5. The maximum Gasteiger partial charge on any atom is 0.154 e. The van der Waals surface area contributed by atoms with Gasteiger partial charge in [-0.05, 0) is 6.90 Å². The van der Waals surface area contributed by atoms with E-state index in [1.165, 1.54) is 0 Å². The Labute approximate surface area is 76.5 Å². The summed E-state index contributed by atoms with van der Waals surface area (Å²) >= 11 is 0. The van der Waals surface area contributed by atoms with E-state index < -0.39 is 37.4 Å². The predicted molar refractivity (Wildman–Crippen MR) is 41.8 cm³/mol. The van der Waals surface area contributed by atoms with Gasteiger partial charge in [-0.3, -0.25) is 0 Å². The SMILES string of the molecule is [2H]C[C@](O)(C=O)[C@@H](O)[C@H](O)[C@H](O)CO. The third-order valence-electron chi connectivity index (χ3n) is 1.62. The summed E-state index contributed by atoms with van der Waals surface area (Å²) in [6, 6.07) is 0. The van der Waals surface area contributed by atoms with Gasteiger partial charge in [-0.15, -0.1) is 0 Å². The van der Waals surface area contributed by atoms with Crippen molar-refractivity contribution in [3.63, 3.8) is 0 Å². The van der Waals surface area contributed by atoms with Crippen LogP contribution in [0.2, 0.25) is 0 Å². The summed E-state index contributed by atoms with van der Waals surface area (Å²) in [5, 5.41) is 44.9. The first kappa shape index (κ1) is 10.6. The average molecular weight is 195 g/mol. The molecule has 0 unspecified atom stereocenters. The van der Waals surface area contributed by atoms with Crippen LogP contribution >= 0.6 is 0 Å². The second-order valence-corrected chi connectivity index (χ2v) is 2.79. The molecule has 0 amide bonds. The molecule has 0 radical (unpaired) electrons. The highest BCUT2D eigenvalue weighted by molar-refractivity contribution is 5.62. The summed E-state index contributed by atoms with van der Waals surface area (Å²) in [6.07, 6.45) is -5.67. The van der Waals surface area contributed by atoms with Gasteiger partial charge in [0, 0.05) is 1.37 Å². The van der Waals surface area contributed by atoms with Crippen molar-refractivity contribution < 1.29 is 31.7 Å². The predicted octanol–water partition coefficient (Wildman–Crippen LogP) is -2.99. The van der Waals surface area contributed by atoms with Crippen molar-refractivity contribution in [2.45, 2.75) is 30.8 Å². The molecule has 13 heavy (non-hydrogen) atoms. The molecular formula is C7H14O6. The van der Waals surface area contributed by atoms with Crippen LogP contribution in [0, 0.1) is 0 Å². The lowest BCUT2D eigenvalue weighted by molar-refractivity contribution is -0.159. The van der Waals surface area contributed by atoms with Gasteiger partial charge in [0.1, 0.15) is 23.9 Å². The minimum atomic E-state index is -2.43. The Morgan fingerprint density at radius 1 is 1.54 bits per heavy atom. The molecule has 0 saturated heterocycles. The van der Waals surface area contributed by atoms with Gasteiger partial charge in [0.05, 0.1) is 6.61 Å². The first-order valence-corrected chi connectivity index (χ1v) is 3.56. The second kappa shape index (κ2) is 4.64. The van der Waals surface area contributed by atoms with Crippen LogP contribution in [0.25, 0.3) is 0 Å². The lowest BCUT2D eigenvalue weighted by Crippen LogP contribution is -2.53. The summed E-state index contributed by atoms with van der Waals surface area (Å²) in [4.78, 5) is 10.3. The Morgan fingerprint density at radius 3 is 2.38 bits per heavy atom. The van der Waals surface area contributed by atoms with Gasteiger partial charge in [-0.1, -0.05) is 0 Å². The zero-order valence-corrected chi connectivity index (χ0v) is 6.87. The molecule has 0 saturated carbocycles. The molecule has 6 heteroatoms. The number of aldehydes is 1. The molecule has 0 fully saturated rings. The molecule has 0 aromatic carbocycles. The fraction of sp³-hybridized carbons (Fsp3) is 0.857. The quantitative estimate of drug-likeness (QED) is 0.299. The van der Waals surface area contributed by atoms with E-state index >= 15 is 0 Å². The van der Waals surface area contributed by atoms with Crippen LogP contribution in [-0.4, -0.2) is 62.3 Å². The Kier molecular flexibility index (Phi) is 3.76. The van der Waals surface area contributed by atoms with Crippen LogP contribution in [0.4, 0.5) is 0 Å². The molecular weight excluding hydrogens is 180 g/mol. The van der Waals surface area contributed by atoms with Crippen molar-refractivity contribution in [1.29, 1.82) is 0 Å². The van der Waals surface area contributed by atoms with E-state index in [2.05, 4.69) is 0 Å². The normalized spacial score (nSPS) is 23.9. The highest BCUT2D eigenvalue weighted by Gasteiger charge is 2.38. The molecule has 0 aliphatic rings. The Morgan fingerprint density at radius 2 is 2.08 bits per heavy atom. The maximum absolute atomic E-state index is 10.3. The van der Waals surface area contributed by atoms with Gasteiger partial charge in [-0.2, -0.15) is 0 Å². The van der Waals surface area contributed by atoms with E-state index in [1.807, 2.05) is 0 Å². The van der Waals surface area contributed by atoms with Crippen LogP contribution in [0.1, 0.15) is 8.27 Å². The summed E-state index contributed by atoms with van der Waals surface area (Å²) in [5.41, 5.74) is -2.43. The highest BCUT2D eigenvalue weighted by Crippen LogP contribution is 2.12. The average Bonchev–Trinajstić information content (AvgIpc) is 2.24. The van der Waals surface area contributed by atoms with Crippen molar-refractivity contribution in [1.82, 2.24) is 0 Å². The van der Waals surface area contributed by atoms with Crippen molar-refractivity contribution >= 4 is 6.29 Å². The van der Waals surface area contributed by atoms with Gasteiger partial charge in [0.15, 0.2) is 6.29 Å². The lowest BCUT2D eigenvalue weighted by atomic mass is 9.93. The lowest BCUT2D eigenvalue weighted by Gasteiger charge is -2.29. The Hall–Kier alpha value is -0.530. The molecule has 0 aliphatic heterocycles. The van der Waals surface area contributed by atoms with Crippen LogP contribution in [0.5, 0.6) is 0 Å². The fourth-order valence-electron chi connectivity index (χ4n) is 0.684. The minimum Gasteiger partial charge on any atom is -0.394 e. The Bertz CT molecular complexity index is 189. The van der Waals surface area contributed by atoms with Gasteiger partial charge in [0.2, 0.25) is 0 Å². The van der Waals surface area contributed by atoms with Crippen molar-refractivity contribution in [3.05, 3.63) is 0 Å². The summed E-state index contributed by atoms with van der Waals surface area (Å²) in [7, 11) is 0. The third kappa shape index (κ3) is 3.02. The van der Waals surface area contributed by atoms with E-state index in [9.17, 15) is 15.0 Å². The van der Waals surface area contributed by atoms with Crippen LogP contribution < -0.4 is 0 Å². The number of aliphatic hydroxyl groups is 5. The molecule has 4 atom stereocenters. The molecule has 0 rings (SSSR count). The van der Waals surface area contributed by atoms with E-state index in [0.717, 1.165) is 0 Å². The zero-order chi connectivity index (χ0) is 11.4. The molecule has 5 N–H and O–H groups in total. The minimum absolute atomic E-state index is 0.0853. The molecule has 0 aromatic rings. The highest BCUT2D eigenvalue weighted by atomic mass is 16.4. The summed E-state index contributed by atoms with van der Waals surface area (Å²) in [5.74, 6) is 0. The maximum atomic E-state index is 10.3. The van der Waals surface area contributed by atoms with Crippen LogP contribution in [0.15, 0.2) is 0 Å². The molecule has 0 heterocycles. The Balaban J connectivity index is 4.57. The van der Waals surface area contributed by atoms with Crippen LogP contribution in [0.3, 0.4) is 0 Å². The van der Waals surface area contributed by atoms with Gasteiger partial charge in [0.25, 0.3) is 0 Å². The van der Waals surface area contributed by atoms with Gasteiger partial charge >= 0.3 is 0 Å². The molecule has 0 bridgehead atoms. The number of rotatable bonds is 5. The molecule has 6 nitrogen and oxygen atoms in total. The number of hydrogen-bond acceptors (Lipinski definition) is 6. The zero-order valence-electron chi connectivity index (χ0n) is 7.87. The van der Waals surface area contributed by atoms with Crippen molar-refractivity contribution in [2.75, 3.05) is 6.61 Å². The number of carbonyl (C=O) groups excluding carboxylic acids is 1. The second-order valence-electron chi connectivity index (χ2n) is 2.79. The van der Waals surface area contributed by atoms with E-state index in [-0.39, 0.29) is 6.29 Å². The van der Waals surface area contributed by atoms with Crippen molar-refractivity contribution in [2.24, 2.45) is 0 Å². The van der Waals surface area contributed by atoms with E-state index in [4.69, 9.17) is 16.7 Å². The first-order valence-electron chi connectivity index (χ1n) is 4.26. The third-order valence-corrected chi connectivity index (χ3v) is 1.62. The van der Waals surface area contributed by atoms with E-state index in [1.54, 1.807) is 0 Å². The molecule has 0 aliphatic carbocycles. The molecule has 78 valence electrons. The molecule has 0 aromatic heterocycles. The van der Waals surface area contributed by atoms with Gasteiger partial charge < -0.3 is 30.3 Å².